The van der Waals surface area contributed by atoms with Crippen molar-refractivity contribution in [3.63, 3.8) is 0 Å². The van der Waals surface area contributed by atoms with E-state index in [1.807, 2.05) is 79.7 Å². The van der Waals surface area contributed by atoms with Crippen molar-refractivity contribution < 1.29 is 14.3 Å². The highest BCUT2D eigenvalue weighted by molar-refractivity contribution is 5.94. The lowest BCUT2D eigenvalue weighted by atomic mass is 9.94. The van der Waals surface area contributed by atoms with Crippen LogP contribution in [0.15, 0.2) is 79.0 Å². The van der Waals surface area contributed by atoms with E-state index in [1.165, 1.54) is 0 Å². The molecule has 2 aliphatic rings. The number of ketones is 1. The van der Waals surface area contributed by atoms with Crippen molar-refractivity contribution in [3.05, 3.63) is 95.7 Å². The lowest BCUT2D eigenvalue weighted by Crippen LogP contribution is -2.22. The summed E-state index contributed by atoms with van der Waals surface area (Å²) in [5.41, 5.74) is 10.4. The first-order valence-electron chi connectivity index (χ1n) is 12.0. The Labute approximate surface area is 209 Å². The normalized spacial score (nSPS) is 18.5. The summed E-state index contributed by atoms with van der Waals surface area (Å²) < 4.78 is 5.44. The van der Waals surface area contributed by atoms with Gasteiger partial charge in [0.1, 0.15) is 11.9 Å². The van der Waals surface area contributed by atoms with Gasteiger partial charge in [-0.3, -0.25) is 10.1 Å². The van der Waals surface area contributed by atoms with E-state index >= 15 is 0 Å². The number of anilines is 3. The zero-order valence-electron chi connectivity index (χ0n) is 20.0. The summed E-state index contributed by atoms with van der Waals surface area (Å²) in [4.78, 5) is 29.9. The van der Waals surface area contributed by atoms with E-state index in [9.17, 15) is 9.59 Å². The molecule has 2 atom stereocenters. The second-order valence-corrected chi connectivity index (χ2v) is 9.17. The van der Waals surface area contributed by atoms with Crippen LogP contribution in [-0.4, -0.2) is 23.5 Å². The number of carbonyl (C=O) groups excluding carboxylic acids is 2. The third-order valence-electron chi connectivity index (χ3n) is 6.56. The number of aryl methyl sites for hydroxylation is 1. The lowest BCUT2D eigenvalue weighted by molar-refractivity contribution is -0.119. The van der Waals surface area contributed by atoms with Gasteiger partial charge in [0, 0.05) is 35.3 Å². The molecule has 3 aromatic carbocycles. The van der Waals surface area contributed by atoms with Crippen molar-refractivity contribution in [2.45, 2.75) is 31.7 Å². The molecule has 3 heterocycles. The second-order valence-electron chi connectivity index (χ2n) is 9.17. The number of carbonyl (C=O) groups is 2. The number of nitrogens with one attached hydrogen (secondary N) is 2. The first kappa shape index (κ1) is 23.4. The average Bonchev–Trinajstić information content (AvgIpc) is 2.89. The van der Waals surface area contributed by atoms with Crippen LogP contribution >= 0.6 is 0 Å². The largest absolute Gasteiger partial charge is 0.449 e. The van der Waals surface area contributed by atoms with E-state index in [0.717, 1.165) is 33.2 Å². The fraction of sp³-hybridized carbons (Fsp3) is 0.207. The van der Waals surface area contributed by atoms with Crippen molar-refractivity contribution in [3.8, 4) is 0 Å². The fourth-order valence-corrected chi connectivity index (χ4v) is 4.49. The van der Waals surface area contributed by atoms with Gasteiger partial charge in [-0.05, 0) is 64.9 Å². The number of hydrogen-bond donors (Lipinski definition) is 3. The van der Waals surface area contributed by atoms with Crippen LogP contribution in [0.4, 0.5) is 22.0 Å². The summed E-state index contributed by atoms with van der Waals surface area (Å²) in [7, 11) is 0. The topological polar surface area (TPSA) is 106 Å². The molecule has 4 N–H and O–H groups in total. The molecule has 1 unspecified atom stereocenters. The Bertz CT molecular complexity index is 1420. The molecule has 0 fully saturated rings. The smallest absolute Gasteiger partial charge is 0.411 e. The number of fused-ring (bicyclic) bond motifs is 10. The van der Waals surface area contributed by atoms with E-state index in [4.69, 9.17) is 10.5 Å². The minimum Gasteiger partial charge on any atom is -0.449 e. The monoisotopic (exact) mass is 480 g/mol. The molecule has 1 aromatic heterocycles. The number of nitrogens with two attached hydrogens (primary N) is 1. The van der Waals surface area contributed by atoms with Crippen LogP contribution in [0.3, 0.4) is 0 Å². The van der Waals surface area contributed by atoms with Crippen molar-refractivity contribution in [2.75, 3.05) is 23.0 Å². The van der Waals surface area contributed by atoms with Gasteiger partial charge in [0.15, 0.2) is 5.78 Å². The summed E-state index contributed by atoms with van der Waals surface area (Å²) >= 11 is 0. The zero-order chi connectivity index (χ0) is 25.1. The van der Waals surface area contributed by atoms with E-state index in [-0.39, 0.29) is 18.3 Å². The Kier molecular flexibility index (Phi) is 6.54. The third-order valence-corrected chi connectivity index (χ3v) is 6.56. The van der Waals surface area contributed by atoms with Crippen LogP contribution in [0.5, 0.6) is 0 Å². The standard InChI is InChI=1S/C29H28N4O3/c1-18-17-36-29(35)33-23-4-2-3-19(15-23)5-12-26(34)27(21-8-6-20(18)7-9-21)32-24-10-11-25-22(16-24)13-14-31-28(25)30/h2-4,6-11,13-16,18,27,32H,5,12,17H2,1H3,(H2,30,31)(H,33,35)/t18-,27?/m0/s1. The molecule has 0 radical (unpaired) electrons. The Hall–Kier alpha value is -4.39. The average molecular weight is 481 g/mol. The Morgan fingerprint density at radius 3 is 2.61 bits per heavy atom. The van der Waals surface area contributed by atoms with E-state index in [1.54, 1.807) is 6.20 Å². The number of Topliss-reactive ketones (excluding diaryl/α,β-unsaturated/α-hetero) is 1. The molecular formula is C29H28N4O3. The number of aromatic nitrogens is 1. The van der Waals surface area contributed by atoms with Crippen LogP contribution in [0.2, 0.25) is 0 Å². The van der Waals surface area contributed by atoms with Gasteiger partial charge < -0.3 is 15.8 Å². The summed E-state index contributed by atoms with van der Waals surface area (Å²) in [6, 6.07) is 22.6. The number of ether oxygens (including phenoxy) is 1. The molecule has 0 saturated heterocycles. The highest BCUT2D eigenvalue weighted by Gasteiger charge is 2.22. The van der Waals surface area contributed by atoms with Gasteiger partial charge in [-0.15, -0.1) is 0 Å². The maximum atomic E-state index is 13.5. The van der Waals surface area contributed by atoms with Crippen molar-refractivity contribution >= 4 is 39.8 Å². The van der Waals surface area contributed by atoms with E-state index in [0.29, 0.717) is 24.3 Å². The number of nitrogens with zero attached hydrogens (tertiary/aromatic N) is 1. The summed E-state index contributed by atoms with van der Waals surface area (Å²) in [5, 5.41) is 8.06. The number of pyridine rings is 1. The van der Waals surface area contributed by atoms with E-state index in [2.05, 4.69) is 15.6 Å². The van der Waals surface area contributed by atoms with Gasteiger partial charge >= 0.3 is 6.09 Å². The highest BCUT2D eigenvalue weighted by Crippen LogP contribution is 2.28. The number of hydrogen-bond acceptors (Lipinski definition) is 6. The quantitative estimate of drug-likeness (QED) is 0.333. The summed E-state index contributed by atoms with van der Waals surface area (Å²) in [6.45, 7) is 2.25. The van der Waals surface area contributed by atoms with Crippen LogP contribution < -0.4 is 16.4 Å². The third kappa shape index (κ3) is 5.15. The number of nitrogen functional groups attached to an aromatic ring is 1. The summed E-state index contributed by atoms with van der Waals surface area (Å²) in [5.74, 6) is 0.563. The summed E-state index contributed by atoms with van der Waals surface area (Å²) in [6.07, 6.45) is 2.08. The van der Waals surface area contributed by atoms with Crippen LogP contribution in [-0.2, 0) is 16.0 Å². The molecule has 6 rings (SSSR count). The highest BCUT2D eigenvalue weighted by atomic mass is 16.5. The van der Waals surface area contributed by atoms with Gasteiger partial charge in [0.2, 0.25) is 0 Å². The second kappa shape index (κ2) is 10.1. The van der Waals surface area contributed by atoms with Crippen LogP contribution in [0.1, 0.15) is 42.0 Å². The zero-order valence-corrected chi connectivity index (χ0v) is 20.0. The molecule has 0 spiro atoms. The maximum absolute atomic E-state index is 13.5. The number of rotatable bonds is 2. The lowest BCUT2D eigenvalue weighted by Gasteiger charge is -2.21. The molecule has 182 valence electrons. The molecule has 1 amide bonds. The van der Waals surface area contributed by atoms with Crippen molar-refractivity contribution in [2.24, 2.45) is 0 Å². The first-order chi connectivity index (χ1) is 17.5. The predicted octanol–water partition coefficient (Wildman–Crippen LogP) is 5.84. The molecule has 7 nitrogen and oxygen atoms in total. The molecule has 4 aromatic rings. The van der Waals surface area contributed by atoms with E-state index < -0.39 is 12.1 Å². The molecule has 4 bridgehead atoms. The Balaban J connectivity index is 1.48. The maximum Gasteiger partial charge on any atom is 0.411 e. The molecule has 7 heteroatoms. The van der Waals surface area contributed by atoms with Gasteiger partial charge in [0.05, 0.1) is 6.61 Å². The predicted molar refractivity (Wildman–Crippen MR) is 142 cm³/mol. The molecule has 0 saturated carbocycles. The molecule has 0 aliphatic carbocycles. The van der Waals surface area contributed by atoms with Crippen LogP contribution in [0.25, 0.3) is 10.8 Å². The minimum atomic E-state index is -0.516. The van der Waals surface area contributed by atoms with Gasteiger partial charge in [0.25, 0.3) is 0 Å². The van der Waals surface area contributed by atoms with Crippen molar-refractivity contribution in [1.29, 1.82) is 0 Å². The molecule has 2 aliphatic heterocycles. The minimum absolute atomic E-state index is 0.00528. The Morgan fingerprint density at radius 2 is 1.78 bits per heavy atom. The number of amides is 1. The number of benzene rings is 3. The Morgan fingerprint density at radius 1 is 0.972 bits per heavy atom. The van der Waals surface area contributed by atoms with Gasteiger partial charge in [-0.2, -0.15) is 0 Å². The first-order valence-corrected chi connectivity index (χ1v) is 12.0. The fourth-order valence-electron chi connectivity index (χ4n) is 4.49. The molecule has 36 heavy (non-hydrogen) atoms. The SMILES string of the molecule is C[C@H]1COC(=O)Nc2cccc(c2)CCC(=O)C(Nc2ccc3c(N)nccc3c2)c2ccc1cc2. The van der Waals surface area contributed by atoms with Crippen LogP contribution in [0, 0.1) is 0 Å². The van der Waals surface area contributed by atoms with Gasteiger partial charge in [-0.25, -0.2) is 9.78 Å². The van der Waals surface area contributed by atoms with Gasteiger partial charge in [-0.1, -0.05) is 43.3 Å². The molecular weight excluding hydrogens is 452 g/mol. The van der Waals surface area contributed by atoms with Crippen molar-refractivity contribution in [1.82, 2.24) is 4.98 Å².